The molecule has 0 aromatic carbocycles. The van der Waals surface area contributed by atoms with Crippen LogP contribution in [0.4, 0.5) is 0 Å². The molecule has 0 saturated heterocycles. The Labute approximate surface area is 228 Å². The number of aromatic nitrogens is 12. The number of hydrogen-bond donors (Lipinski definition) is 6. The van der Waals surface area contributed by atoms with Gasteiger partial charge in [0.05, 0.1) is 38.0 Å². The van der Waals surface area contributed by atoms with Crippen molar-refractivity contribution in [3.63, 3.8) is 0 Å². The van der Waals surface area contributed by atoms with Gasteiger partial charge < -0.3 is 63.9 Å². The predicted molar refractivity (Wildman–Crippen MR) is 117 cm³/mol. The molecule has 0 bridgehead atoms. The summed E-state index contributed by atoms with van der Waals surface area (Å²) in [5, 5.41) is 0. The summed E-state index contributed by atoms with van der Waals surface area (Å²) in [6.45, 7) is 0. The van der Waals surface area contributed by atoms with Crippen molar-refractivity contribution in [2.75, 3.05) is 0 Å². The predicted octanol–water partition coefficient (Wildman–Crippen LogP) is -3.91. The summed E-state index contributed by atoms with van der Waals surface area (Å²) in [5.41, 5.74) is 0. The van der Waals surface area contributed by atoms with Crippen LogP contribution < -0.4 is 34.0 Å². The van der Waals surface area contributed by atoms with Crippen molar-refractivity contribution in [1.82, 2.24) is 59.8 Å². The van der Waals surface area contributed by atoms with E-state index in [0.717, 1.165) is 0 Å². The van der Waals surface area contributed by atoms with Crippen LogP contribution in [-0.2, 0) is 0 Å². The second kappa shape index (κ2) is 31.2. The van der Waals surface area contributed by atoms with Crippen molar-refractivity contribution in [1.29, 1.82) is 0 Å². The van der Waals surface area contributed by atoms with Crippen LogP contribution in [0, 0.1) is 0 Å². The van der Waals surface area contributed by atoms with Crippen LogP contribution in [0.2, 0.25) is 0 Å². The molecule has 0 aliphatic heterocycles. The summed E-state index contributed by atoms with van der Waals surface area (Å²) in [4.78, 5) is 38.5. The molecule has 0 atom stereocenters. The number of nitrogens with zero attached hydrogens (tertiary/aromatic N) is 6. The Morgan fingerprint density at radius 3 is 0.485 bits per heavy atom. The summed E-state index contributed by atoms with van der Waals surface area (Å²) < 4.78 is 0. The van der Waals surface area contributed by atoms with E-state index in [1.807, 2.05) is 0 Å². The molecule has 6 aromatic heterocycles. The van der Waals surface area contributed by atoms with Gasteiger partial charge in [-0.15, -0.1) is 0 Å². The van der Waals surface area contributed by atoms with Crippen LogP contribution in [0.25, 0.3) is 0 Å². The first-order valence-corrected chi connectivity index (χ1v) is 8.56. The van der Waals surface area contributed by atoms with Gasteiger partial charge in [-0.05, 0) is 0 Å². The molecule has 0 aliphatic rings. The molecule has 0 amide bonds. The molecular weight excluding hydrogens is 568 g/mol. The van der Waals surface area contributed by atoms with Gasteiger partial charge in [0.15, 0.2) is 0 Å². The first-order valence-electron chi connectivity index (χ1n) is 8.56. The van der Waals surface area contributed by atoms with E-state index in [1.54, 1.807) is 112 Å². The van der Waals surface area contributed by atoms with E-state index in [-0.39, 0.29) is 57.0 Å². The van der Waals surface area contributed by atoms with E-state index < -0.39 is 0 Å². The summed E-state index contributed by atoms with van der Waals surface area (Å²) in [5.74, 6) is 0. The Balaban J connectivity index is -0.000000321. The molecule has 0 unspecified atom stereocenters. The maximum atomic E-state index is 3.67. The van der Waals surface area contributed by atoms with Gasteiger partial charge in [0, 0.05) is 74.4 Å². The van der Waals surface area contributed by atoms with Gasteiger partial charge in [0.1, 0.15) is 0 Å². The fourth-order valence-corrected chi connectivity index (χ4v) is 1.29. The Bertz CT molecular complexity index is 589. The third kappa shape index (κ3) is 29.0. The molecule has 172 valence electrons. The molecule has 12 nitrogen and oxygen atoms in total. The fourth-order valence-electron chi connectivity index (χ4n) is 1.29. The number of nitrogens with one attached hydrogen (secondary N) is 6. The number of halogens is 2. The van der Waals surface area contributed by atoms with E-state index in [0.29, 0.717) is 0 Å². The van der Waals surface area contributed by atoms with E-state index in [2.05, 4.69) is 59.8 Å². The smallest absolute Gasteiger partial charge is 1.00 e. The number of aromatic amines is 6. The first kappa shape index (κ1) is 34.6. The maximum Gasteiger partial charge on any atom is 2.00 e. The molecular formula is C18H24Br2MgN12. The number of imidazole rings is 6. The van der Waals surface area contributed by atoms with E-state index in [1.165, 1.54) is 0 Å². The first-order chi connectivity index (χ1) is 15.0. The average Bonchev–Trinajstić information content (AvgIpc) is 3.69. The minimum atomic E-state index is 0. The largest absolute Gasteiger partial charge is 2.00 e. The van der Waals surface area contributed by atoms with E-state index >= 15 is 0 Å². The maximum absolute atomic E-state index is 3.67. The molecule has 6 rings (SSSR count). The summed E-state index contributed by atoms with van der Waals surface area (Å²) in [7, 11) is 0. The Morgan fingerprint density at radius 2 is 0.455 bits per heavy atom. The van der Waals surface area contributed by atoms with Gasteiger partial charge in [-0.25, -0.2) is 29.9 Å². The van der Waals surface area contributed by atoms with Gasteiger partial charge in [0.2, 0.25) is 0 Å². The number of H-pyrrole nitrogens is 6. The van der Waals surface area contributed by atoms with Crippen LogP contribution in [0.1, 0.15) is 0 Å². The van der Waals surface area contributed by atoms with Crippen molar-refractivity contribution in [2.24, 2.45) is 0 Å². The van der Waals surface area contributed by atoms with Gasteiger partial charge in [-0.1, -0.05) is 0 Å². The summed E-state index contributed by atoms with van der Waals surface area (Å²) in [6, 6.07) is 0. The van der Waals surface area contributed by atoms with E-state index in [4.69, 9.17) is 0 Å². The zero-order valence-corrected chi connectivity index (χ0v) is 22.1. The zero-order chi connectivity index (χ0) is 21.2. The van der Waals surface area contributed by atoms with Crippen molar-refractivity contribution >= 4 is 23.1 Å². The molecule has 6 aromatic rings. The Hall–Kier alpha value is -3.01. The van der Waals surface area contributed by atoms with Crippen LogP contribution >= 0.6 is 0 Å². The normalized spacial score (nSPS) is 7.27. The summed E-state index contributed by atoms with van der Waals surface area (Å²) in [6.07, 6.45) is 30.5. The molecule has 0 fully saturated rings. The molecule has 15 heteroatoms. The monoisotopic (exact) mass is 590 g/mol. The van der Waals surface area contributed by atoms with Gasteiger partial charge in [0.25, 0.3) is 0 Å². The fraction of sp³-hybridized carbons (Fsp3) is 0. The second-order valence-electron chi connectivity index (χ2n) is 4.56. The zero-order valence-electron chi connectivity index (χ0n) is 17.5. The van der Waals surface area contributed by atoms with Gasteiger partial charge in [-0.3, -0.25) is 0 Å². The van der Waals surface area contributed by atoms with Gasteiger partial charge in [-0.2, -0.15) is 0 Å². The Kier molecular flexibility index (Phi) is 32.7. The standard InChI is InChI=1S/6C3H4N2.2BrH.Mg/c6*1-2-5-3-4-1;;;/h6*1-3H,(H,4,5);2*1H;/q;;;;;;;;+2/p-2. The van der Waals surface area contributed by atoms with Crippen molar-refractivity contribution in [3.05, 3.63) is 112 Å². The molecule has 33 heavy (non-hydrogen) atoms. The second-order valence-corrected chi connectivity index (χ2v) is 4.56. The van der Waals surface area contributed by atoms with Crippen LogP contribution in [0.15, 0.2) is 112 Å². The number of hydrogen-bond acceptors (Lipinski definition) is 6. The van der Waals surface area contributed by atoms with Crippen LogP contribution in [0.3, 0.4) is 0 Å². The quantitative estimate of drug-likeness (QED) is 0.0985. The molecule has 0 aliphatic carbocycles. The van der Waals surface area contributed by atoms with Crippen LogP contribution in [0.5, 0.6) is 0 Å². The molecule has 0 saturated carbocycles. The molecule has 6 N–H and O–H groups in total. The molecule has 0 spiro atoms. The average molecular weight is 593 g/mol. The number of rotatable bonds is 0. The van der Waals surface area contributed by atoms with Crippen LogP contribution in [-0.4, -0.2) is 82.9 Å². The minimum Gasteiger partial charge on any atom is -1.00 e. The van der Waals surface area contributed by atoms with Crippen molar-refractivity contribution in [3.8, 4) is 0 Å². The third-order valence-electron chi connectivity index (χ3n) is 2.44. The Morgan fingerprint density at radius 1 is 0.303 bits per heavy atom. The van der Waals surface area contributed by atoms with Crippen molar-refractivity contribution in [2.45, 2.75) is 0 Å². The minimum absolute atomic E-state index is 0. The van der Waals surface area contributed by atoms with Gasteiger partial charge >= 0.3 is 23.1 Å². The topological polar surface area (TPSA) is 172 Å². The van der Waals surface area contributed by atoms with Crippen molar-refractivity contribution < 1.29 is 34.0 Å². The molecule has 0 radical (unpaired) electrons. The van der Waals surface area contributed by atoms with E-state index in [9.17, 15) is 0 Å². The summed E-state index contributed by atoms with van der Waals surface area (Å²) >= 11 is 0. The third-order valence-corrected chi connectivity index (χ3v) is 2.44. The molecule has 6 heterocycles. The SMILES string of the molecule is [Br-].[Br-].[Mg+2].c1c[nH]cn1.c1c[nH]cn1.c1c[nH]cn1.c1c[nH]cn1.c1c[nH]cn1.c1c[nH]cn1.